The molecule has 1 aliphatic rings. The largest absolute Gasteiger partial charge is 0.443 e. The fourth-order valence-electron chi connectivity index (χ4n) is 2.70. The highest BCUT2D eigenvalue weighted by Crippen LogP contribution is 2.15. The van der Waals surface area contributed by atoms with Crippen LogP contribution in [0.1, 0.15) is 85.5 Å². The smallest absolute Gasteiger partial charge is 0.417 e. The summed E-state index contributed by atoms with van der Waals surface area (Å²) in [6, 6.07) is -0.216. The van der Waals surface area contributed by atoms with Gasteiger partial charge in [0.1, 0.15) is 5.60 Å². The summed E-state index contributed by atoms with van der Waals surface area (Å²) < 4.78 is 5.40. The first-order chi connectivity index (χ1) is 11.3. The number of amides is 2. The van der Waals surface area contributed by atoms with Gasteiger partial charge in [0.2, 0.25) is 5.91 Å². The minimum Gasteiger partial charge on any atom is -0.443 e. The molecule has 0 aromatic carbocycles. The lowest BCUT2D eigenvalue weighted by molar-refractivity contribution is -0.134. The van der Waals surface area contributed by atoms with E-state index in [9.17, 15) is 9.59 Å². The van der Waals surface area contributed by atoms with Gasteiger partial charge in [0, 0.05) is 6.54 Å². The number of carbonyl (C=O) groups is 2. The van der Waals surface area contributed by atoms with Gasteiger partial charge in [-0.25, -0.2) is 9.69 Å². The van der Waals surface area contributed by atoms with Crippen molar-refractivity contribution in [2.45, 2.75) is 97.1 Å². The second kappa shape index (κ2) is 10.7. The van der Waals surface area contributed by atoms with E-state index in [0.717, 1.165) is 25.8 Å². The molecule has 5 nitrogen and oxygen atoms in total. The number of carbonyl (C=O) groups excluding carboxylic acids is 2. The normalized spacial score (nSPS) is 17.2. The van der Waals surface area contributed by atoms with E-state index >= 15 is 0 Å². The molecule has 1 rings (SSSR count). The van der Waals surface area contributed by atoms with E-state index in [2.05, 4.69) is 12.2 Å². The van der Waals surface area contributed by atoms with Gasteiger partial charge in [0.05, 0.1) is 6.04 Å². The third-order valence-electron chi connectivity index (χ3n) is 4.24. The molecule has 0 aromatic heterocycles. The van der Waals surface area contributed by atoms with Crippen molar-refractivity contribution in [2.75, 3.05) is 13.1 Å². The average molecular weight is 341 g/mol. The molecule has 24 heavy (non-hydrogen) atoms. The van der Waals surface area contributed by atoms with Gasteiger partial charge in [-0.05, 0) is 40.2 Å². The molecule has 0 unspecified atom stereocenters. The number of nitrogens with zero attached hydrogens (tertiary/aromatic N) is 1. The first-order valence-corrected chi connectivity index (χ1v) is 9.63. The Balaban J connectivity index is 2.36. The zero-order valence-electron chi connectivity index (χ0n) is 16.0. The molecule has 0 spiro atoms. The van der Waals surface area contributed by atoms with Crippen LogP contribution in [0.5, 0.6) is 0 Å². The van der Waals surface area contributed by atoms with E-state index in [4.69, 9.17) is 4.74 Å². The minimum absolute atomic E-state index is 0.140. The topological polar surface area (TPSA) is 58.6 Å². The number of imide groups is 1. The van der Waals surface area contributed by atoms with Crippen molar-refractivity contribution in [1.29, 1.82) is 0 Å². The molecule has 140 valence electrons. The first kappa shape index (κ1) is 20.9. The Morgan fingerprint density at radius 1 is 1.04 bits per heavy atom. The number of rotatable bonds is 10. The van der Waals surface area contributed by atoms with Crippen LogP contribution >= 0.6 is 0 Å². The number of ether oxygens (including phenoxy) is 1. The molecular formula is C19H36N2O3. The summed E-state index contributed by atoms with van der Waals surface area (Å²) in [5.41, 5.74) is -0.581. The van der Waals surface area contributed by atoms with Gasteiger partial charge in [-0.2, -0.15) is 0 Å². The van der Waals surface area contributed by atoms with E-state index in [1.165, 1.54) is 43.4 Å². The average Bonchev–Trinajstić information content (AvgIpc) is 2.41. The molecular weight excluding hydrogens is 304 g/mol. The minimum atomic E-state index is -0.581. The number of hydrogen-bond acceptors (Lipinski definition) is 4. The molecule has 0 aliphatic carbocycles. The second-order valence-electron chi connectivity index (χ2n) is 7.74. The highest BCUT2D eigenvalue weighted by molar-refractivity contribution is 5.95. The summed E-state index contributed by atoms with van der Waals surface area (Å²) in [7, 11) is 0. The zero-order valence-corrected chi connectivity index (χ0v) is 16.0. The molecule has 1 fully saturated rings. The SMILES string of the molecule is CCCCCCCCCCN(C(=O)OC(C)(C)C)C(=O)[C@@H]1CCN1. The lowest BCUT2D eigenvalue weighted by Crippen LogP contribution is -2.56. The Kier molecular flexibility index (Phi) is 9.34. The van der Waals surface area contributed by atoms with E-state index < -0.39 is 11.7 Å². The molecule has 1 heterocycles. The Morgan fingerprint density at radius 2 is 1.58 bits per heavy atom. The van der Waals surface area contributed by atoms with Crippen LogP contribution in [0.3, 0.4) is 0 Å². The van der Waals surface area contributed by atoms with Crippen LogP contribution in [0.25, 0.3) is 0 Å². The first-order valence-electron chi connectivity index (χ1n) is 9.63. The molecule has 2 amide bonds. The van der Waals surface area contributed by atoms with Crippen molar-refractivity contribution >= 4 is 12.0 Å². The number of hydrogen-bond donors (Lipinski definition) is 1. The maximum absolute atomic E-state index is 12.5. The molecule has 1 atom stereocenters. The van der Waals surface area contributed by atoms with Crippen molar-refractivity contribution in [3.8, 4) is 0 Å². The van der Waals surface area contributed by atoms with Crippen LogP contribution in [0, 0.1) is 0 Å². The standard InChI is InChI=1S/C19H36N2O3/c1-5-6-7-8-9-10-11-12-15-21(17(22)16-13-14-20-16)18(23)24-19(2,3)4/h16,20H,5-15H2,1-4H3/t16-/m0/s1. The van der Waals surface area contributed by atoms with Gasteiger partial charge in [-0.1, -0.05) is 51.9 Å². The van der Waals surface area contributed by atoms with Crippen LogP contribution in [-0.4, -0.2) is 41.6 Å². The molecule has 0 aromatic rings. The predicted molar refractivity (Wildman–Crippen MR) is 97.0 cm³/mol. The highest BCUT2D eigenvalue weighted by atomic mass is 16.6. The Hall–Kier alpha value is -1.10. The highest BCUT2D eigenvalue weighted by Gasteiger charge is 2.34. The van der Waals surface area contributed by atoms with Crippen LogP contribution in [0.4, 0.5) is 4.79 Å². The monoisotopic (exact) mass is 340 g/mol. The van der Waals surface area contributed by atoms with E-state index in [-0.39, 0.29) is 11.9 Å². The van der Waals surface area contributed by atoms with Crippen LogP contribution in [0.2, 0.25) is 0 Å². The summed E-state index contributed by atoms with van der Waals surface area (Å²) in [5.74, 6) is -0.140. The Labute approximate surface area is 147 Å². The molecule has 1 saturated heterocycles. The summed E-state index contributed by atoms with van der Waals surface area (Å²) in [4.78, 5) is 26.1. The van der Waals surface area contributed by atoms with E-state index in [0.29, 0.717) is 6.54 Å². The van der Waals surface area contributed by atoms with Gasteiger partial charge >= 0.3 is 6.09 Å². The molecule has 1 N–H and O–H groups in total. The lowest BCUT2D eigenvalue weighted by Gasteiger charge is -2.32. The van der Waals surface area contributed by atoms with E-state index in [1.54, 1.807) is 0 Å². The quantitative estimate of drug-likeness (QED) is 0.604. The zero-order chi connectivity index (χ0) is 18.0. The Bertz CT molecular complexity index is 387. The molecule has 5 heteroatoms. The summed E-state index contributed by atoms with van der Waals surface area (Å²) in [5, 5.41) is 3.07. The Morgan fingerprint density at radius 3 is 2.04 bits per heavy atom. The van der Waals surface area contributed by atoms with Crippen molar-refractivity contribution in [1.82, 2.24) is 10.2 Å². The maximum atomic E-state index is 12.5. The van der Waals surface area contributed by atoms with Gasteiger partial charge in [0.25, 0.3) is 0 Å². The second-order valence-corrected chi connectivity index (χ2v) is 7.74. The third-order valence-corrected chi connectivity index (χ3v) is 4.24. The number of nitrogens with one attached hydrogen (secondary N) is 1. The summed E-state index contributed by atoms with van der Waals surface area (Å²) in [6.45, 7) is 9.00. The van der Waals surface area contributed by atoms with Crippen molar-refractivity contribution in [2.24, 2.45) is 0 Å². The van der Waals surface area contributed by atoms with Gasteiger partial charge < -0.3 is 10.1 Å². The van der Waals surface area contributed by atoms with Crippen molar-refractivity contribution < 1.29 is 14.3 Å². The van der Waals surface area contributed by atoms with Gasteiger partial charge in [-0.15, -0.1) is 0 Å². The summed E-state index contributed by atoms with van der Waals surface area (Å²) in [6.07, 6.45) is 9.78. The van der Waals surface area contributed by atoms with Gasteiger partial charge in [-0.3, -0.25) is 4.79 Å². The van der Waals surface area contributed by atoms with Crippen LogP contribution in [-0.2, 0) is 9.53 Å². The molecule has 1 aliphatic heterocycles. The third kappa shape index (κ3) is 8.13. The van der Waals surface area contributed by atoms with Gasteiger partial charge in [0.15, 0.2) is 0 Å². The van der Waals surface area contributed by atoms with Crippen LogP contribution in [0.15, 0.2) is 0 Å². The molecule has 0 saturated carbocycles. The van der Waals surface area contributed by atoms with Crippen molar-refractivity contribution in [3.63, 3.8) is 0 Å². The lowest BCUT2D eigenvalue weighted by atomic mass is 10.1. The number of unbranched alkanes of at least 4 members (excludes halogenated alkanes) is 7. The van der Waals surface area contributed by atoms with E-state index in [1.807, 2.05) is 20.8 Å². The van der Waals surface area contributed by atoms with Crippen molar-refractivity contribution in [3.05, 3.63) is 0 Å². The fourth-order valence-corrected chi connectivity index (χ4v) is 2.70. The van der Waals surface area contributed by atoms with Crippen LogP contribution < -0.4 is 5.32 Å². The maximum Gasteiger partial charge on any atom is 0.417 e. The predicted octanol–water partition coefficient (Wildman–Crippen LogP) is 4.25. The fraction of sp³-hybridized carbons (Fsp3) is 0.895. The molecule has 0 bridgehead atoms. The summed E-state index contributed by atoms with van der Waals surface area (Å²) >= 11 is 0. The molecule has 0 radical (unpaired) electrons.